The normalized spacial score (nSPS) is 21.3. The van der Waals surface area contributed by atoms with Crippen LogP contribution in [0.5, 0.6) is 0 Å². The van der Waals surface area contributed by atoms with Gasteiger partial charge in [0.15, 0.2) is 0 Å². The van der Waals surface area contributed by atoms with Gasteiger partial charge in [0.2, 0.25) is 11.8 Å². The van der Waals surface area contributed by atoms with Crippen molar-refractivity contribution in [2.24, 2.45) is 11.7 Å². The van der Waals surface area contributed by atoms with E-state index < -0.39 is 5.91 Å². The Labute approximate surface area is 105 Å². The largest absolute Gasteiger partial charge is 0.370 e. The van der Waals surface area contributed by atoms with E-state index in [0.717, 1.165) is 17.7 Å². The lowest BCUT2D eigenvalue weighted by molar-refractivity contribution is -0.132. The van der Waals surface area contributed by atoms with E-state index >= 15 is 0 Å². The summed E-state index contributed by atoms with van der Waals surface area (Å²) in [6.45, 7) is 0.691. The molecule has 4 heteroatoms. The fourth-order valence-corrected chi connectivity index (χ4v) is 2.72. The average Bonchev–Trinajstić information content (AvgIpc) is 2.66. The number of benzene rings is 1. The number of fused-ring (bicyclic) bond motifs is 3. The molecule has 2 aliphatic rings. The number of hydrogen-bond donors (Lipinski definition) is 1. The van der Waals surface area contributed by atoms with E-state index in [1.54, 1.807) is 4.90 Å². The first-order valence-corrected chi connectivity index (χ1v) is 6.06. The Morgan fingerprint density at radius 3 is 2.94 bits per heavy atom. The van der Waals surface area contributed by atoms with Crippen LogP contribution in [0.2, 0.25) is 0 Å². The number of nitrogens with zero attached hydrogens (tertiary/aromatic N) is 1. The van der Waals surface area contributed by atoms with Gasteiger partial charge in [0.1, 0.15) is 0 Å². The molecule has 3 rings (SSSR count). The minimum atomic E-state index is -0.432. The summed E-state index contributed by atoms with van der Waals surface area (Å²) in [5, 5.41) is 0. The molecule has 0 aliphatic carbocycles. The third-order valence-electron chi connectivity index (χ3n) is 3.55. The highest BCUT2D eigenvalue weighted by atomic mass is 16.2. The van der Waals surface area contributed by atoms with Crippen molar-refractivity contribution in [2.45, 2.75) is 12.8 Å². The van der Waals surface area contributed by atoms with Crippen LogP contribution in [-0.2, 0) is 16.0 Å². The summed E-state index contributed by atoms with van der Waals surface area (Å²) in [4.78, 5) is 24.9. The summed E-state index contributed by atoms with van der Waals surface area (Å²) in [5.74, 6) is -0.819. The maximum absolute atomic E-state index is 12.2. The second-order valence-electron chi connectivity index (χ2n) is 4.73. The molecular weight excluding hydrogens is 228 g/mol. The minimum Gasteiger partial charge on any atom is -0.370 e. The number of nitrogens with two attached hydrogens (primary N) is 1. The molecule has 0 fully saturated rings. The Bertz CT molecular complexity index is 563. The molecule has 2 N–H and O–H groups in total. The predicted octanol–water partition coefficient (Wildman–Crippen LogP) is 0.917. The molecule has 1 aromatic rings. The van der Waals surface area contributed by atoms with Crippen LogP contribution in [0.15, 0.2) is 30.3 Å². The van der Waals surface area contributed by atoms with Crippen molar-refractivity contribution in [1.29, 1.82) is 0 Å². The van der Waals surface area contributed by atoms with Gasteiger partial charge in [-0.05, 0) is 18.1 Å². The molecule has 1 atom stereocenters. The summed E-state index contributed by atoms with van der Waals surface area (Å²) < 4.78 is 0. The van der Waals surface area contributed by atoms with Gasteiger partial charge in [-0.1, -0.05) is 24.3 Å². The van der Waals surface area contributed by atoms with Gasteiger partial charge in [-0.3, -0.25) is 9.59 Å². The van der Waals surface area contributed by atoms with Gasteiger partial charge in [0, 0.05) is 24.2 Å². The Kier molecular flexibility index (Phi) is 2.44. The predicted molar refractivity (Wildman–Crippen MR) is 67.1 cm³/mol. The molecule has 2 aliphatic heterocycles. The topological polar surface area (TPSA) is 63.4 Å². The number of amides is 2. The van der Waals surface area contributed by atoms with Crippen LogP contribution in [0.3, 0.4) is 0 Å². The Morgan fingerprint density at radius 2 is 2.17 bits per heavy atom. The fraction of sp³-hybridized carbons (Fsp3) is 0.286. The SMILES string of the molecule is NC(=O)CC1C=C2c3ccccc3CCN2C1=O. The summed E-state index contributed by atoms with van der Waals surface area (Å²) in [5.41, 5.74) is 8.48. The van der Waals surface area contributed by atoms with Crippen LogP contribution in [0.1, 0.15) is 17.5 Å². The van der Waals surface area contributed by atoms with Gasteiger partial charge in [-0.2, -0.15) is 0 Å². The third-order valence-corrected chi connectivity index (χ3v) is 3.55. The van der Waals surface area contributed by atoms with Crippen molar-refractivity contribution in [3.63, 3.8) is 0 Å². The highest BCUT2D eigenvalue weighted by molar-refractivity contribution is 5.98. The maximum Gasteiger partial charge on any atom is 0.234 e. The zero-order valence-electron chi connectivity index (χ0n) is 9.93. The van der Waals surface area contributed by atoms with Gasteiger partial charge >= 0.3 is 0 Å². The first kappa shape index (κ1) is 11.0. The molecule has 0 bridgehead atoms. The maximum atomic E-state index is 12.2. The van der Waals surface area contributed by atoms with Crippen LogP contribution in [-0.4, -0.2) is 23.3 Å². The summed E-state index contributed by atoms with van der Waals surface area (Å²) >= 11 is 0. The standard InChI is InChI=1S/C14H14N2O2/c15-13(17)8-10-7-12-11-4-2-1-3-9(11)5-6-16(12)14(10)18/h1-4,7,10H,5-6,8H2,(H2,15,17). The zero-order valence-corrected chi connectivity index (χ0v) is 9.93. The molecule has 2 heterocycles. The van der Waals surface area contributed by atoms with Crippen molar-refractivity contribution in [3.8, 4) is 0 Å². The van der Waals surface area contributed by atoms with Crippen LogP contribution < -0.4 is 5.73 Å². The summed E-state index contributed by atoms with van der Waals surface area (Å²) in [6, 6.07) is 8.08. The van der Waals surface area contributed by atoms with Gasteiger partial charge in [0.05, 0.1) is 5.92 Å². The lowest BCUT2D eigenvalue weighted by Gasteiger charge is -2.28. The van der Waals surface area contributed by atoms with Gasteiger partial charge < -0.3 is 10.6 Å². The minimum absolute atomic E-state index is 0.00157. The van der Waals surface area contributed by atoms with Crippen molar-refractivity contribution in [2.75, 3.05) is 6.54 Å². The Balaban J connectivity index is 2.00. The van der Waals surface area contributed by atoms with E-state index in [1.807, 2.05) is 24.3 Å². The van der Waals surface area contributed by atoms with E-state index in [0.29, 0.717) is 6.54 Å². The van der Waals surface area contributed by atoms with Crippen LogP contribution >= 0.6 is 0 Å². The molecule has 1 aromatic carbocycles. The smallest absolute Gasteiger partial charge is 0.234 e. The van der Waals surface area contributed by atoms with E-state index in [1.165, 1.54) is 5.56 Å². The second kappa shape index (κ2) is 3.98. The number of carbonyl (C=O) groups excluding carboxylic acids is 2. The average molecular weight is 242 g/mol. The van der Waals surface area contributed by atoms with E-state index in [9.17, 15) is 9.59 Å². The van der Waals surface area contributed by atoms with Crippen LogP contribution in [0, 0.1) is 5.92 Å². The quantitative estimate of drug-likeness (QED) is 0.838. The number of rotatable bonds is 2. The third kappa shape index (κ3) is 1.61. The molecule has 4 nitrogen and oxygen atoms in total. The number of carbonyl (C=O) groups is 2. The number of primary amides is 1. The molecule has 2 amide bonds. The van der Waals surface area contributed by atoms with Crippen molar-refractivity contribution < 1.29 is 9.59 Å². The van der Waals surface area contributed by atoms with E-state index in [2.05, 4.69) is 6.07 Å². The number of hydrogen-bond acceptors (Lipinski definition) is 2. The lowest BCUT2D eigenvalue weighted by Crippen LogP contribution is -2.34. The molecule has 1 unspecified atom stereocenters. The Morgan fingerprint density at radius 1 is 1.39 bits per heavy atom. The van der Waals surface area contributed by atoms with Crippen molar-refractivity contribution in [3.05, 3.63) is 41.5 Å². The highest BCUT2D eigenvalue weighted by Crippen LogP contribution is 2.36. The van der Waals surface area contributed by atoms with Crippen molar-refractivity contribution in [1.82, 2.24) is 4.90 Å². The molecule has 18 heavy (non-hydrogen) atoms. The molecular formula is C14H14N2O2. The molecule has 0 radical (unpaired) electrons. The molecule has 0 saturated heterocycles. The van der Waals surface area contributed by atoms with E-state index in [-0.39, 0.29) is 18.2 Å². The van der Waals surface area contributed by atoms with Gasteiger partial charge in [0.25, 0.3) is 0 Å². The van der Waals surface area contributed by atoms with Gasteiger partial charge in [-0.15, -0.1) is 0 Å². The summed E-state index contributed by atoms with van der Waals surface area (Å²) in [7, 11) is 0. The molecule has 0 aromatic heterocycles. The van der Waals surface area contributed by atoms with Crippen molar-refractivity contribution >= 4 is 17.5 Å². The Hall–Kier alpha value is -2.10. The second-order valence-corrected chi connectivity index (χ2v) is 4.73. The first-order valence-electron chi connectivity index (χ1n) is 6.06. The van der Waals surface area contributed by atoms with Gasteiger partial charge in [-0.25, -0.2) is 0 Å². The van der Waals surface area contributed by atoms with Crippen LogP contribution in [0.4, 0.5) is 0 Å². The summed E-state index contributed by atoms with van der Waals surface area (Å²) in [6.07, 6.45) is 2.84. The fourth-order valence-electron chi connectivity index (χ4n) is 2.72. The molecule has 0 spiro atoms. The molecule has 92 valence electrons. The molecule has 0 saturated carbocycles. The van der Waals surface area contributed by atoms with E-state index in [4.69, 9.17) is 5.73 Å². The zero-order chi connectivity index (χ0) is 12.7. The lowest BCUT2D eigenvalue weighted by atomic mass is 9.97. The van der Waals surface area contributed by atoms with Crippen LogP contribution in [0.25, 0.3) is 5.70 Å². The monoisotopic (exact) mass is 242 g/mol. The highest BCUT2D eigenvalue weighted by Gasteiger charge is 2.36. The first-order chi connectivity index (χ1) is 8.66.